The van der Waals surface area contributed by atoms with Crippen molar-refractivity contribution in [2.45, 2.75) is 18.9 Å². The van der Waals surface area contributed by atoms with Gasteiger partial charge in [0, 0.05) is 38.1 Å². The van der Waals surface area contributed by atoms with Gasteiger partial charge in [0.2, 0.25) is 0 Å². The molecule has 1 amide bonds. The number of nitrogens with zero attached hydrogens (tertiary/aromatic N) is 2. The van der Waals surface area contributed by atoms with E-state index in [1.165, 1.54) is 29.2 Å². The minimum atomic E-state index is -0.905. The molecule has 0 unspecified atom stereocenters. The minimum absolute atomic E-state index is 0.110. The Bertz CT molecular complexity index is 1160. The first-order valence-electron chi connectivity index (χ1n) is 10.9. The van der Waals surface area contributed by atoms with Gasteiger partial charge in [0.15, 0.2) is 0 Å². The van der Waals surface area contributed by atoms with Crippen molar-refractivity contribution < 1.29 is 33.5 Å². The van der Waals surface area contributed by atoms with Crippen LogP contribution < -0.4 is 14.2 Å². The van der Waals surface area contributed by atoms with E-state index >= 15 is 0 Å². The van der Waals surface area contributed by atoms with Crippen molar-refractivity contribution in [3.05, 3.63) is 89.0 Å². The summed E-state index contributed by atoms with van der Waals surface area (Å²) in [6.07, 6.45) is -0.965. The fraction of sp³-hybridized carbons (Fsp3) is 0.200. The van der Waals surface area contributed by atoms with E-state index in [2.05, 4.69) is 0 Å². The van der Waals surface area contributed by atoms with Crippen LogP contribution in [-0.2, 0) is 4.74 Å². The fourth-order valence-electron chi connectivity index (χ4n) is 3.41. The van der Waals surface area contributed by atoms with Crippen molar-refractivity contribution >= 4 is 17.9 Å². The molecule has 1 fully saturated rings. The van der Waals surface area contributed by atoms with Crippen LogP contribution >= 0.6 is 0 Å². The topological polar surface area (TPSA) is 117 Å². The number of carbonyl (C=O) groups excluding carboxylic acids is 2. The highest BCUT2D eigenvalue weighted by molar-refractivity contribution is 5.71. The molecule has 0 aromatic heterocycles. The third-order valence-electron chi connectivity index (χ3n) is 5.22. The maximum absolute atomic E-state index is 12.5. The number of rotatable bonds is 6. The van der Waals surface area contributed by atoms with Crippen LogP contribution in [0.5, 0.6) is 23.0 Å². The lowest BCUT2D eigenvalue weighted by molar-refractivity contribution is -0.384. The number of carbonyl (C=O) groups is 2. The van der Waals surface area contributed by atoms with E-state index in [0.29, 0.717) is 43.2 Å². The highest BCUT2D eigenvalue weighted by Gasteiger charge is 2.27. The molecule has 35 heavy (non-hydrogen) atoms. The summed E-state index contributed by atoms with van der Waals surface area (Å²) < 4.78 is 21.5. The summed E-state index contributed by atoms with van der Waals surface area (Å²) in [5.74, 6) is 1.86. The number of benzene rings is 3. The number of nitro groups is 1. The van der Waals surface area contributed by atoms with Crippen LogP contribution in [0.2, 0.25) is 0 Å². The third-order valence-corrected chi connectivity index (χ3v) is 5.22. The molecule has 1 aliphatic rings. The molecule has 1 heterocycles. The highest BCUT2D eigenvalue weighted by Crippen LogP contribution is 2.25. The van der Waals surface area contributed by atoms with E-state index in [4.69, 9.17) is 18.9 Å². The molecule has 10 heteroatoms. The second kappa shape index (κ2) is 11.0. The molecule has 0 N–H and O–H groups in total. The van der Waals surface area contributed by atoms with Crippen molar-refractivity contribution in [1.82, 2.24) is 4.90 Å². The van der Waals surface area contributed by atoms with Crippen molar-refractivity contribution in [3.8, 4) is 23.0 Å². The maximum atomic E-state index is 12.5. The molecule has 0 bridgehead atoms. The lowest BCUT2D eigenvalue weighted by Gasteiger charge is -2.30. The van der Waals surface area contributed by atoms with Crippen LogP contribution in [0.3, 0.4) is 0 Å². The largest absolute Gasteiger partial charge is 0.514 e. The van der Waals surface area contributed by atoms with Crippen LogP contribution in [0.15, 0.2) is 78.9 Å². The van der Waals surface area contributed by atoms with Crippen LogP contribution in [0.25, 0.3) is 0 Å². The summed E-state index contributed by atoms with van der Waals surface area (Å²) in [5, 5.41) is 10.7. The number of piperidine rings is 1. The average Bonchev–Trinajstić information content (AvgIpc) is 2.86. The molecule has 0 radical (unpaired) electrons. The summed E-state index contributed by atoms with van der Waals surface area (Å²) >= 11 is 0. The summed E-state index contributed by atoms with van der Waals surface area (Å²) in [6.45, 7) is 0.701. The van der Waals surface area contributed by atoms with Gasteiger partial charge in [-0.05, 0) is 48.5 Å². The van der Waals surface area contributed by atoms with Crippen LogP contribution in [-0.4, -0.2) is 41.3 Å². The van der Waals surface area contributed by atoms with Gasteiger partial charge in [-0.25, -0.2) is 9.59 Å². The van der Waals surface area contributed by atoms with Gasteiger partial charge in [0.25, 0.3) is 5.69 Å². The lowest BCUT2D eigenvalue weighted by atomic mass is 10.1. The predicted molar refractivity (Wildman–Crippen MR) is 124 cm³/mol. The van der Waals surface area contributed by atoms with Gasteiger partial charge < -0.3 is 23.8 Å². The number of likely N-dealkylation sites (tertiary alicyclic amines) is 1. The normalized spacial score (nSPS) is 13.5. The zero-order valence-electron chi connectivity index (χ0n) is 18.6. The quantitative estimate of drug-likeness (QED) is 0.195. The molecule has 0 spiro atoms. The lowest BCUT2D eigenvalue weighted by Crippen LogP contribution is -2.42. The van der Waals surface area contributed by atoms with Gasteiger partial charge >= 0.3 is 12.2 Å². The number of amides is 1. The molecule has 180 valence electrons. The smallest absolute Gasteiger partial charge is 0.457 e. The number of hydrogen-bond donors (Lipinski definition) is 0. The Morgan fingerprint density at radius 2 is 1.31 bits per heavy atom. The van der Waals surface area contributed by atoms with Gasteiger partial charge in [-0.1, -0.05) is 18.2 Å². The van der Waals surface area contributed by atoms with Gasteiger partial charge in [0.1, 0.15) is 29.1 Å². The molecule has 1 saturated heterocycles. The summed E-state index contributed by atoms with van der Waals surface area (Å²) in [7, 11) is 0. The fourth-order valence-corrected chi connectivity index (χ4v) is 3.41. The molecule has 3 aromatic carbocycles. The Balaban J connectivity index is 1.20. The Morgan fingerprint density at radius 1 is 0.771 bits per heavy atom. The summed E-state index contributed by atoms with van der Waals surface area (Å²) in [6, 6.07) is 21.2. The average molecular weight is 478 g/mol. The minimum Gasteiger partial charge on any atom is -0.457 e. The van der Waals surface area contributed by atoms with Gasteiger partial charge in [-0.2, -0.15) is 0 Å². The Labute approximate surface area is 200 Å². The van der Waals surface area contributed by atoms with Gasteiger partial charge in [-0.3, -0.25) is 10.1 Å². The zero-order valence-corrected chi connectivity index (χ0v) is 18.6. The van der Waals surface area contributed by atoms with Crippen LogP contribution in [0.4, 0.5) is 15.3 Å². The van der Waals surface area contributed by atoms with Crippen LogP contribution in [0.1, 0.15) is 12.8 Å². The first-order chi connectivity index (χ1) is 17.0. The Morgan fingerprint density at radius 3 is 1.94 bits per heavy atom. The molecule has 4 rings (SSSR count). The Kier molecular flexibility index (Phi) is 7.41. The van der Waals surface area contributed by atoms with E-state index in [1.807, 2.05) is 30.3 Å². The summed E-state index contributed by atoms with van der Waals surface area (Å²) in [4.78, 5) is 36.2. The van der Waals surface area contributed by atoms with Crippen molar-refractivity contribution in [2.75, 3.05) is 13.1 Å². The molecule has 0 aliphatic carbocycles. The third kappa shape index (κ3) is 6.70. The SMILES string of the molecule is O=C(Oc1ccc([N+](=O)[O-])cc1)OC1CCN(C(=O)Oc2ccc(Oc3ccccc3)cc2)CC1. The van der Waals surface area contributed by atoms with E-state index in [1.54, 1.807) is 24.3 Å². The number of non-ortho nitro benzene ring substituents is 1. The highest BCUT2D eigenvalue weighted by atomic mass is 16.7. The van der Waals surface area contributed by atoms with E-state index in [-0.39, 0.29) is 11.4 Å². The van der Waals surface area contributed by atoms with E-state index < -0.39 is 23.3 Å². The molecule has 1 aliphatic heterocycles. The van der Waals surface area contributed by atoms with Crippen molar-refractivity contribution in [1.29, 1.82) is 0 Å². The number of hydrogen-bond acceptors (Lipinski definition) is 8. The van der Waals surface area contributed by atoms with Crippen LogP contribution in [0, 0.1) is 10.1 Å². The van der Waals surface area contributed by atoms with E-state index in [0.717, 1.165) is 0 Å². The monoisotopic (exact) mass is 478 g/mol. The second-order valence-corrected chi connectivity index (χ2v) is 7.66. The molecule has 10 nitrogen and oxygen atoms in total. The number of ether oxygens (including phenoxy) is 4. The maximum Gasteiger partial charge on any atom is 0.514 e. The molecule has 3 aromatic rings. The summed E-state index contributed by atoms with van der Waals surface area (Å²) in [5.41, 5.74) is -0.110. The number of nitro benzene ring substituents is 1. The van der Waals surface area contributed by atoms with Gasteiger partial charge in [0.05, 0.1) is 4.92 Å². The molecule has 0 saturated carbocycles. The second-order valence-electron chi connectivity index (χ2n) is 7.66. The molecular formula is C25H22N2O8. The first kappa shape index (κ1) is 23.6. The van der Waals surface area contributed by atoms with Gasteiger partial charge in [-0.15, -0.1) is 0 Å². The first-order valence-corrected chi connectivity index (χ1v) is 10.9. The molecular weight excluding hydrogens is 456 g/mol. The molecule has 0 atom stereocenters. The predicted octanol–water partition coefficient (Wildman–Crippen LogP) is 5.57. The van der Waals surface area contributed by atoms with Crippen molar-refractivity contribution in [3.63, 3.8) is 0 Å². The Hall–Kier alpha value is -4.60. The standard InChI is InChI=1S/C25H22N2O8/c28-24(33-21-12-10-20(11-13-21)32-19-4-2-1-3-5-19)26-16-14-23(15-17-26)35-25(29)34-22-8-6-18(7-9-22)27(30)31/h1-13,23H,14-17H2. The number of para-hydroxylation sites is 1. The van der Waals surface area contributed by atoms with E-state index in [9.17, 15) is 19.7 Å². The zero-order chi connectivity index (χ0) is 24.6. The van der Waals surface area contributed by atoms with Crippen molar-refractivity contribution in [2.24, 2.45) is 0 Å².